The van der Waals surface area contributed by atoms with Crippen LogP contribution in [0.15, 0.2) is 24.3 Å². The quantitative estimate of drug-likeness (QED) is 0.0204. The molecule has 12 atom stereocenters. The maximum absolute atomic E-state index is 13.4. The van der Waals surface area contributed by atoms with Gasteiger partial charge in [-0.25, -0.2) is 0 Å². The molecule has 2 heterocycles. The zero-order valence-corrected chi connectivity index (χ0v) is 58.2. The Morgan fingerprint density at radius 1 is 0.389 bits per heavy atom. The minimum atomic E-state index is -1.79. The molecule has 0 aliphatic carbocycles. The van der Waals surface area contributed by atoms with Crippen molar-refractivity contribution in [2.45, 2.75) is 434 Å². The number of hydrogen-bond acceptors (Lipinski definition) is 13. The van der Waals surface area contributed by atoms with Gasteiger partial charge < -0.3 is 65.1 Å². The molecule has 14 heteroatoms. The van der Waals surface area contributed by atoms with E-state index >= 15 is 0 Å². The number of aliphatic hydroxyl groups excluding tert-OH is 8. The zero-order chi connectivity index (χ0) is 65.2. The molecule has 2 aliphatic rings. The van der Waals surface area contributed by atoms with Gasteiger partial charge in [-0.3, -0.25) is 4.79 Å². The van der Waals surface area contributed by atoms with Crippen LogP contribution in [0.3, 0.4) is 0 Å². The van der Waals surface area contributed by atoms with Gasteiger partial charge in [0.05, 0.1) is 32.0 Å². The molecule has 2 saturated heterocycles. The van der Waals surface area contributed by atoms with Gasteiger partial charge >= 0.3 is 0 Å². The Morgan fingerprint density at radius 3 is 1.09 bits per heavy atom. The summed E-state index contributed by atoms with van der Waals surface area (Å²) in [4.78, 5) is 13.4. The van der Waals surface area contributed by atoms with E-state index in [0.717, 1.165) is 32.1 Å². The topological polar surface area (TPSA) is 228 Å². The fraction of sp³-hybridized carbons (Fsp3) is 0.934. The summed E-state index contributed by atoms with van der Waals surface area (Å²) in [5.41, 5.74) is 0. The molecule has 2 aliphatic heterocycles. The first-order chi connectivity index (χ1) is 44.1. The van der Waals surface area contributed by atoms with E-state index in [9.17, 15) is 45.6 Å². The zero-order valence-electron chi connectivity index (χ0n) is 58.2. The number of ether oxygens (including phenoxy) is 4. The van der Waals surface area contributed by atoms with Gasteiger partial charge in [-0.2, -0.15) is 0 Å². The van der Waals surface area contributed by atoms with Crippen LogP contribution in [0, 0.1) is 0 Å². The molecule has 0 radical (unpaired) electrons. The fourth-order valence-electron chi connectivity index (χ4n) is 13.0. The summed E-state index contributed by atoms with van der Waals surface area (Å²) in [6.45, 7) is 2.85. The van der Waals surface area contributed by atoms with Gasteiger partial charge in [0, 0.05) is 6.42 Å². The number of unbranched alkanes of at least 4 members (excludes halogenated alkanes) is 50. The molecule has 90 heavy (non-hydrogen) atoms. The predicted octanol–water partition coefficient (Wildman–Crippen LogP) is 16.7. The second kappa shape index (κ2) is 61.1. The summed E-state index contributed by atoms with van der Waals surface area (Å²) in [6.07, 6.45) is 61.2. The van der Waals surface area contributed by atoms with Gasteiger partial charge in [0.1, 0.15) is 48.8 Å². The average molecular weight is 1280 g/mol. The van der Waals surface area contributed by atoms with Crippen LogP contribution in [0.5, 0.6) is 0 Å². The summed E-state index contributed by atoms with van der Waals surface area (Å²) >= 11 is 0. The van der Waals surface area contributed by atoms with Crippen LogP contribution in [0.1, 0.15) is 361 Å². The average Bonchev–Trinajstić information content (AvgIpc) is 1.20. The van der Waals surface area contributed by atoms with Crippen LogP contribution in [-0.2, 0) is 23.7 Å². The molecule has 1 amide bonds. The van der Waals surface area contributed by atoms with E-state index in [4.69, 9.17) is 18.9 Å². The van der Waals surface area contributed by atoms with E-state index in [1.165, 1.54) is 295 Å². The van der Waals surface area contributed by atoms with Crippen molar-refractivity contribution in [3.05, 3.63) is 24.3 Å². The van der Waals surface area contributed by atoms with E-state index in [2.05, 4.69) is 31.3 Å². The molecule has 14 nitrogen and oxygen atoms in total. The van der Waals surface area contributed by atoms with Gasteiger partial charge in [-0.1, -0.05) is 346 Å². The Hall–Kier alpha value is -1.53. The normalized spacial score (nSPS) is 23.0. The number of amides is 1. The molecule has 0 spiro atoms. The lowest BCUT2D eigenvalue weighted by Crippen LogP contribution is -2.65. The SMILES string of the molecule is CCCCCCCCCCCCCCCCCCCCCC/C=C/CC/C=C/C(O)C(COC1OC(CO)C(OC2OC(CO)C(O)C(O)C2O)C(O)C1O)NC(=O)CCCCCCCCCCCCCCCCCCCCCCCCCCCCCCCC. The molecule has 2 rings (SSSR count). The number of carbonyl (C=O) groups excluding carboxylic acids is 1. The summed E-state index contributed by atoms with van der Waals surface area (Å²) in [6, 6.07) is -0.930. The Balaban J connectivity index is 1.64. The largest absolute Gasteiger partial charge is 0.394 e. The summed E-state index contributed by atoms with van der Waals surface area (Å²) in [5, 5.41) is 87.6. The smallest absolute Gasteiger partial charge is 0.220 e. The number of nitrogens with one attached hydrogen (secondary N) is 1. The lowest BCUT2D eigenvalue weighted by Gasteiger charge is -2.46. The van der Waals surface area contributed by atoms with Crippen LogP contribution in [0.2, 0.25) is 0 Å². The second-order valence-corrected chi connectivity index (χ2v) is 27.5. The van der Waals surface area contributed by atoms with E-state index in [1.807, 2.05) is 6.08 Å². The molecular weight excluding hydrogens is 1130 g/mol. The van der Waals surface area contributed by atoms with Crippen LogP contribution < -0.4 is 5.32 Å². The molecule has 9 N–H and O–H groups in total. The Bertz CT molecular complexity index is 1600. The number of allylic oxidation sites excluding steroid dienone is 3. The summed E-state index contributed by atoms with van der Waals surface area (Å²) in [5.74, 6) is -0.240. The highest BCUT2D eigenvalue weighted by molar-refractivity contribution is 5.76. The van der Waals surface area contributed by atoms with Crippen molar-refractivity contribution >= 4 is 5.91 Å². The Morgan fingerprint density at radius 2 is 0.711 bits per heavy atom. The van der Waals surface area contributed by atoms with E-state index in [0.29, 0.717) is 12.8 Å². The van der Waals surface area contributed by atoms with Crippen molar-refractivity contribution in [3.8, 4) is 0 Å². The van der Waals surface area contributed by atoms with Gasteiger partial charge in [0.2, 0.25) is 5.91 Å². The van der Waals surface area contributed by atoms with Gasteiger partial charge in [-0.15, -0.1) is 0 Å². The number of aliphatic hydroxyl groups is 8. The number of hydrogen-bond donors (Lipinski definition) is 9. The molecule has 0 bridgehead atoms. The third kappa shape index (κ3) is 44.3. The molecule has 12 unspecified atom stereocenters. The molecule has 0 saturated carbocycles. The van der Waals surface area contributed by atoms with Crippen molar-refractivity contribution in [1.82, 2.24) is 5.32 Å². The molecule has 0 aromatic rings. The van der Waals surface area contributed by atoms with E-state index in [1.54, 1.807) is 6.08 Å². The van der Waals surface area contributed by atoms with E-state index in [-0.39, 0.29) is 18.9 Å². The van der Waals surface area contributed by atoms with Gasteiger partial charge in [0.15, 0.2) is 12.6 Å². The van der Waals surface area contributed by atoms with Crippen LogP contribution in [0.4, 0.5) is 0 Å². The number of rotatable bonds is 65. The van der Waals surface area contributed by atoms with Gasteiger partial charge in [-0.05, 0) is 32.1 Å². The fourth-order valence-corrected chi connectivity index (χ4v) is 13.0. The monoisotopic (exact) mass is 1280 g/mol. The molecule has 2 fully saturated rings. The first kappa shape index (κ1) is 84.6. The molecular formula is C76H145NO13. The minimum Gasteiger partial charge on any atom is -0.394 e. The van der Waals surface area contributed by atoms with Crippen LogP contribution >= 0.6 is 0 Å². The van der Waals surface area contributed by atoms with Crippen LogP contribution in [0.25, 0.3) is 0 Å². The minimum absolute atomic E-state index is 0.240. The van der Waals surface area contributed by atoms with Crippen LogP contribution in [-0.4, -0.2) is 140 Å². The van der Waals surface area contributed by atoms with Crippen molar-refractivity contribution < 1.29 is 64.6 Å². The van der Waals surface area contributed by atoms with Gasteiger partial charge in [0.25, 0.3) is 0 Å². The summed E-state index contributed by atoms with van der Waals surface area (Å²) in [7, 11) is 0. The predicted molar refractivity (Wildman–Crippen MR) is 369 cm³/mol. The third-order valence-electron chi connectivity index (χ3n) is 19.1. The molecule has 0 aromatic carbocycles. The third-order valence-corrected chi connectivity index (χ3v) is 19.1. The van der Waals surface area contributed by atoms with E-state index < -0.39 is 86.8 Å². The first-order valence-electron chi connectivity index (χ1n) is 38.6. The van der Waals surface area contributed by atoms with Crippen molar-refractivity contribution in [1.29, 1.82) is 0 Å². The highest BCUT2D eigenvalue weighted by Gasteiger charge is 2.51. The summed E-state index contributed by atoms with van der Waals surface area (Å²) < 4.78 is 22.9. The van der Waals surface area contributed by atoms with Crippen molar-refractivity contribution in [2.24, 2.45) is 0 Å². The Labute approximate surface area is 551 Å². The standard InChI is InChI=1S/C76H145NO13/c1-3-5-7-9-11-13-15-17-19-21-23-25-27-29-31-32-33-34-36-38-40-42-44-46-48-50-52-54-56-58-60-68(81)77-64(63-87-75-73(86)71(84)74(67(62-79)89-75)90-76-72(85)70(83)69(82)66(61-78)88-76)65(80)59-57-55-53-51-49-47-45-43-41-39-37-35-30-28-26-24-22-20-18-16-14-12-10-8-6-4-2/h49,51,57,59,64-67,69-76,78-80,82-86H,3-48,50,52-56,58,60-63H2,1-2H3,(H,77,81)/b51-49+,59-57+. The maximum atomic E-state index is 13.4. The van der Waals surface area contributed by atoms with Crippen molar-refractivity contribution in [2.75, 3.05) is 19.8 Å². The highest BCUT2D eigenvalue weighted by Crippen LogP contribution is 2.30. The van der Waals surface area contributed by atoms with Crippen molar-refractivity contribution in [3.63, 3.8) is 0 Å². The maximum Gasteiger partial charge on any atom is 0.220 e. The lowest BCUT2D eigenvalue weighted by atomic mass is 9.97. The number of carbonyl (C=O) groups is 1. The lowest BCUT2D eigenvalue weighted by molar-refractivity contribution is -0.359. The molecule has 0 aromatic heterocycles. The molecule has 532 valence electrons. The second-order valence-electron chi connectivity index (χ2n) is 27.5. The highest BCUT2D eigenvalue weighted by atomic mass is 16.7. The first-order valence-corrected chi connectivity index (χ1v) is 38.6. The Kier molecular flexibility index (Phi) is 57.4.